The van der Waals surface area contributed by atoms with Crippen molar-refractivity contribution in [3.63, 3.8) is 0 Å². The lowest BCUT2D eigenvalue weighted by Crippen LogP contribution is -2.23. The first-order valence-corrected chi connectivity index (χ1v) is 5.70. The topological polar surface area (TPSA) is 64.1 Å². The van der Waals surface area contributed by atoms with Gasteiger partial charge in [0.15, 0.2) is 5.95 Å². The highest BCUT2D eigenvalue weighted by Gasteiger charge is 2.09. The first-order chi connectivity index (χ1) is 7.13. The molecule has 90 valence electrons. The molecule has 0 aromatic rings. The Hall–Kier alpha value is -0.610. The zero-order valence-corrected chi connectivity index (χ0v) is 9.80. The van der Waals surface area contributed by atoms with Gasteiger partial charge in [-0.3, -0.25) is 0 Å². The predicted molar refractivity (Wildman–Crippen MR) is 62.9 cm³/mol. The van der Waals surface area contributed by atoms with Crippen molar-refractivity contribution in [3.8, 4) is 0 Å². The van der Waals surface area contributed by atoms with E-state index in [9.17, 15) is 4.39 Å². The maximum Gasteiger partial charge on any atom is 0.183 e. The molecule has 0 fully saturated rings. The SMILES string of the molecule is CCC(N)C[C@@H](/C=C(/F)NCCN)CC. The second-order valence-electron chi connectivity index (χ2n) is 3.80. The maximum absolute atomic E-state index is 13.2. The van der Waals surface area contributed by atoms with Crippen molar-refractivity contribution in [2.75, 3.05) is 13.1 Å². The van der Waals surface area contributed by atoms with E-state index >= 15 is 0 Å². The monoisotopic (exact) mass is 217 g/mol. The Kier molecular flexibility index (Phi) is 8.33. The van der Waals surface area contributed by atoms with Gasteiger partial charge in [-0.25, -0.2) is 0 Å². The van der Waals surface area contributed by atoms with E-state index in [1.165, 1.54) is 0 Å². The quantitative estimate of drug-likeness (QED) is 0.540. The zero-order valence-electron chi connectivity index (χ0n) is 9.80. The fraction of sp³-hybridized carbons (Fsp3) is 0.818. The van der Waals surface area contributed by atoms with Gasteiger partial charge >= 0.3 is 0 Å². The summed E-state index contributed by atoms with van der Waals surface area (Å²) in [6.07, 6.45) is 4.30. The molecule has 0 aliphatic carbocycles. The summed E-state index contributed by atoms with van der Waals surface area (Å²) in [5.74, 6) is -0.0687. The summed E-state index contributed by atoms with van der Waals surface area (Å²) in [6, 6.07) is 0.161. The minimum atomic E-state index is -0.282. The van der Waals surface area contributed by atoms with E-state index in [0.29, 0.717) is 13.1 Å². The standard InChI is InChI=1S/C11H24FN3/c1-3-9(7-10(14)4-2)8-11(12)15-6-5-13/h8-10,15H,3-7,13-14H2,1-2H3/b11-8-/t9-,10?/m0/s1. The molecule has 0 spiro atoms. The molecule has 5 N–H and O–H groups in total. The van der Waals surface area contributed by atoms with Crippen LogP contribution in [0.25, 0.3) is 0 Å². The van der Waals surface area contributed by atoms with Crippen LogP contribution in [0.5, 0.6) is 0 Å². The third kappa shape index (κ3) is 7.33. The summed E-state index contributed by atoms with van der Waals surface area (Å²) in [5.41, 5.74) is 11.1. The molecule has 3 nitrogen and oxygen atoms in total. The van der Waals surface area contributed by atoms with Crippen LogP contribution in [0.3, 0.4) is 0 Å². The van der Waals surface area contributed by atoms with Gasteiger partial charge in [0.25, 0.3) is 0 Å². The van der Waals surface area contributed by atoms with Gasteiger partial charge in [-0.1, -0.05) is 13.8 Å². The van der Waals surface area contributed by atoms with Crippen LogP contribution >= 0.6 is 0 Å². The number of nitrogens with two attached hydrogens (primary N) is 2. The lowest BCUT2D eigenvalue weighted by molar-refractivity contribution is 0.458. The molecule has 0 heterocycles. The molecule has 0 aliphatic rings. The fourth-order valence-corrected chi connectivity index (χ4v) is 1.37. The molecule has 0 amide bonds. The average Bonchev–Trinajstić information content (AvgIpc) is 2.25. The third-order valence-electron chi connectivity index (χ3n) is 2.47. The van der Waals surface area contributed by atoms with Gasteiger partial charge in [0, 0.05) is 19.1 Å². The van der Waals surface area contributed by atoms with Crippen molar-refractivity contribution >= 4 is 0 Å². The molecule has 0 radical (unpaired) electrons. The first kappa shape index (κ1) is 14.4. The Labute approximate surface area is 92.1 Å². The van der Waals surface area contributed by atoms with E-state index in [4.69, 9.17) is 11.5 Å². The van der Waals surface area contributed by atoms with Crippen molar-refractivity contribution < 1.29 is 4.39 Å². The number of hydrogen-bond donors (Lipinski definition) is 3. The number of hydrogen-bond acceptors (Lipinski definition) is 3. The van der Waals surface area contributed by atoms with E-state index in [0.717, 1.165) is 19.3 Å². The van der Waals surface area contributed by atoms with Crippen molar-refractivity contribution in [1.29, 1.82) is 0 Å². The number of allylic oxidation sites excluding steroid dienone is 1. The largest absolute Gasteiger partial charge is 0.361 e. The van der Waals surface area contributed by atoms with Gasteiger partial charge in [0.05, 0.1) is 0 Å². The van der Waals surface area contributed by atoms with E-state index < -0.39 is 0 Å². The Bertz CT molecular complexity index is 183. The summed E-state index contributed by atoms with van der Waals surface area (Å²) in [5, 5.41) is 2.62. The molecule has 0 saturated carbocycles. The lowest BCUT2D eigenvalue weighted by Gasteiger charge is -2.15. The highest BCUT2D eigenvalue weighted by molar-refractivity contribution is 4.94. The Balaban J connectivity index is 4.05. The molecule has 0 bridgehead atoms. The van der Waals surface area contributed by atoms with Crippen molar-refractivity contribution in [3.05, 3.63) is 12.0 Å². The predicted octanol–water partition coefficient (Wildman–Crippen LogP) is 1.50. The van der Waals surface area contributed by atoms with Crippen molar-refractivity contribution in [2.24, 2.45) is 17.4 Å². The smallest absolute Gasteiger partial charge is 0.183 e. The van der Waals surface area contributed by atoms with Gasteiger partial charge in [0.1, 0.15) is 0 Å². The molecular formula is C11H24FN3. The number of nitrogens with one attached hydrogen (secondary N) is 1. The fourth-order valence-electron chi connectivity index (χ4n) is 1.37. The van der Waals surface area contributed by atoms with Crippen LogP contribution in [-0.4, -0.2) is 19.1 Å². The Morgan fingerprint density at radius 2 is 2.07 bits per heavy atom. The third-order valence-corrected chi connectivity index (χ3v) is 2.47. The van der Waals surface area contributed by atoms with Crippen LogP contribution in [0, 0.1) is 5.92 Å². The summed E-state index contributed by atoms with van der Waals surface area (Å²) < 4.78 is 13.2. The van der Waals surface area contributed by atoms with Gasteiger partial charge in [-0.05, 0) is 31.3 Å². The molecule has 2 atom stereocenters. The van der Waals surface area contributed by atoms with Crippen LogP contribution in [-0.2, 0) is 0 Å². The Morgan fingerprint density at radius 1 is 1.40 bits per heavy atom. The number of halogens is 1. The van der Waals surface area contributed by atoms with Crippen LogP contribution < -0.4 is 16.8 Å². The minimum absolute atomic E-state index is 0.161. The average molecular weight is 217 g/mol. The van der Waals surface area contributed by atoms with E-state index in [1.54, 1.807) is 6.08 Å². The van der Waals surface area contributed by atoms with Crippen LogP contribution in [0.4, 0.5) is 4.39 Å². The van der Waals surface area contributed by atoms with Gasteiger partial charge < -0.3 is 16.8 Å². The molecule has 4 heteroatoms. The molecule has 0 rings (SSSR count). The zero-order chi connectivity index (χ0) is 11.7. The van der Waals surface area contributed by atoms with Crippen LogP contribution in [0.2, 0.25) is 0 Å². The molecule has 0 aliphatic heterocycles. The Morgan fingerprint density at radius 3 is 2.53 bits per heavy atom. The number of rotatable bonds is 8. The van der Waals surface area contributed by atoms with E-state index in [-0.39, 0.29) is 17.9 Å². The first-order valence-electron chi connectivity index (χ1n) is 5.70. The molecule has 0 aromatic heterocycles. The van der Waals surface area contributed by atoms with Gasteiger partial charge in [0.2, 0.25) is 0 Å². The van der Waals surface area contributed by atoms with Crippen molar-refractivity contribution in [1.82, 2.24) is 5.32 Å². The van der Waals surface area contributed by atoms with Gasteiger partial charge in [-0.15, -0.1) is 0 Å². The highest BCUT2D eigenvalue weighted by atomic mass is 19.1. The molecule has 15 heavy (non-hydrogen) atoms. The summed E-state index contributed by atoms with van der Waals surface area (Å²) in [6.45, 7) is 5.00. The summed E-state index contributed by atoms with van der Waals surface area (Å²) in [4.78, 5) is 0. The van der Waals surface area contributed by atoms with Gasteiger partial charge in [-0.2, -0.15) is 4.39 Å². The van der Waals surface area contributed by atoms with Crippen LogP contribution in [0.15, 0.2) is 12.0 Å². The minimum Gasteiger partial charge on any atom is -0.361 e. The normalized spacial score (nSPS) is 16.2. The second-order valence-corrected chi connectivity index (χ2v) is 3.80. The molecular weight excluding hydrogens is 193 g/mol. The second kappa shape index (κ2) is 8.68. The highest BCUT2D eigenvalue weighted by Crippen LogP contribution is 2.15. The maximum atomic E-state index is 13.2. The summed E-state index contributed by atoms with van der Waals surface area (Å²) in [7, 11) is 0. The molecule has 1 unspecified atom stereocenters. The molecule has 0 saturated heterocycles. The van der Waals surface area contributed by atoms with Crippen molar-refractivity contribution in [2.45, 2.75) is 39.2 Å². The summed E-state index contributed by atoms with van der Waals surface area (Å²) >= 11 is 0. The van der Waals surface area contributed by atoms with E-state index in [1.807, 2.05) is 13.8 Å². The van der Waals surface area contributed by atoms with Crippen LogP contribution in [0.1, 0.15) is 33.1 Å². The molecule has 0 aromatic carbocycles. The van der Waals surface area contributed by atoms with E-state index in [2.05, 4.69) is 5.32 Å². The lowest BCUT2D eigenvalue weighted by atomic mass is 9.96.